The number of hydrogen-bond acceptors (Lipinski definition) is 9. The Bertz CT molecular complexity index is 833. The second-order valence-electron chi connectivity index (χ2n) is 10.9. The van der Waals surface area contributed by atoms with Crippen LogP contribution in [0, 0.1) is 12.3 Å². The van der Waals surface area contributed by atoms with Crippen LogP contribution in [0.15, 0.2) is 12.4 Å². The molecule has 1 saturated heterocycles. The van der Waals surface area contributed by atoms with Crippen molar-refractivity contribution >= 4 is 11.9 Å². The molecule has 2 saturated carbocycles. The highest BCUT2D eigenvalue weighted by Gasteiger charge is 2.53. The van der Waals surface area contributed by atoms with Crippen molar-refractivity contribution in [3.05, 3.63) is 18.1 Å². The van der Waals surface area contributed by atoms with Crippen LogP contribution in [-0.4, -0.2) is 81.5 Å². The molecule has 0 aromatic carbocycles. The number of aryl methyl sites for hydroxylation is 1. The van der Waals surface area contributed by atoms with Crippen molar-refractivity contribution in [2.45, 2.75) is 95.4 Å². The monoisotopic (exact) mass is 463 g/mol. The van der Waals surface area contributed by atoms with Gasteiger partial charge in [-0.05, 0) is 58.8 Å². The number of rotatable bonds is 6. The zero-order chi connectivity index (χ0) is 23.8. The van der Waals surface area contributed by atoms with Gasteiger partial charge in [-0.2, -0.15) is 0 Å². The molecule has 1 aliphatic heterocycles. The number of alkyl carbamates (subject to hydrolysis) is 1. The summed E-state index contributed by atoms with van der Waals surface area (Å²) < 4.78 is 11.2. The van der Waals surface area contributed by atoms with Crippen LogP contribution in [-0.2, 0) is 9.47 Å². The minimum absolute atomic E-state index is 0.182. The molecular weight excluding hydrogens is 426 g/mol. The van der Waals surface area contributed by atoms with Gasteiger partial charge in [0.15, 0.2) is 0 Å². The summed E-state index contributed by atoms with van der Waals surface area (Å²) in [5.74, 6) is 0.547. The maximum Gasteiger partial charge on any atom is 0.407 e. The van der Waals surface area contributed by atoms with Gasteiger partial charge in [0.05, 0.1) is 30.6 Å². The number of carbonyl (C=O) groups is 1. The Kier molecular flexibility index (Phi) is 6.82. The molecule has 2 heterocycles. The number of anilines is 1. The highest BCUT2D eigenvalue weighted by atomic mass is 16.6. The van der Waals surface area contributed by atoms with Crippen LogP contribution in [0.2, 0.25) is 0 Å². The van der Waals surface area contributed by atoms with Crippen LogP contribution in [0.1, 0.15) is 52.1 Å². The van der Waals surface area contributed by atoms with Gasteiger partial charge in [-0.25, -0.2) is 9.78 Å². The minimum Gasteiger partial charge on any atom is -0.444 e. The second-order valence-corrected chi connectivity index (χ2v) is 10.9. The van der Waals surface area contributed by atoms with E-state index in [-0.39, 0.29) is 18.7 Å². The Labute approximate surface area is 194 Å². The first-order chi connectivity index (χ1) is 15.5. The van der Waals surface area contributed by atoms with Crippen molar-refractivity contribution in [2.24, 2.45) is 5.41 Å². The van der Waals surface area contributed by atoms with E-state index in [1.165, 1.54) is 0 Å². The van der Waals surface area contributed by atoms with Gasteiger partial charge in [-0.1, -0.05) is 0 Å². The fourth-order valence-electron chi connectivity index (χ4n) is 5.22. The van der Waals surface area contributed by atoms with E-state index in [1.54, 1.807) is 12.4 Å². The number of aliphatic hydroxyl groups is 2. The molecule has 0 radical (unpaired) electrons. The Morgan fingerprint density at radius 2 is 1.88 bits per heavy atom. The number of nitrogens with zero attached hydrogens (tertiary/aromatic N) is 2. The summed E-state index contributed by atoms with van der Waals surface area (Å²) in [4.78, 5) is 20.3. The van der Waals surface area contributed by atoms with Gasteiger partial charge in [-0.15, -0.1) is 0 Å². The first kappa shape index (κ1) is 24.1. The fourth-order valence-corrected chi connectivity index (χ4v) is 5.22. The Morgan fingerprint density at radius 1 is 1.18 bits per heavy atom. The smallest absolute Gasteiger partial charge is 0.407 e. The quantitative estimate of drug-likeness (QED) is 0.420. The predicted molar refractivity (Wildman–Crippen MR) is 122 cm³/mol. The van der Waals surface area contributed by atoms with Crippen LogP contribution >= 0.6 is 0 Å². The summed E-state index contributed by atoms with van der Waals surface area (Å²) in [6.45, 7) is 8.17. The lowest BCUT2D eigenvalue weighted by Crippen LogP contribution is -2.63. The molecule has 0 bridgehead atoms. The van der Waals surface area contributed by atoms with Crippen molar-refractivity contribution in [1.82, 2.24) is 20.6 Å². The van der Waals surface area contributed by atoms with Gasteiger partial charge in [0.25, 0.3) is 0 Å². The zero-order valence-electron chi connectivity index (χ0n) is 19.9. The third kappa shape index (κ3) is 5.92. The Balaban J connectivity index is 1.14. The SMILES string of the molecule is Cc1cncc(N[C@H]2CO[C@H](CNC3CC4(C3)CC(NC(=O)OC(C)(C)C)C4)[C@H](O)[C@@H]2O)n1. The molecule has 1 aromatic heterocycles. The van der Waals surface area contributed by atoms with Gasteiger partial charge < -0.3 is 35.6 Å². The van der Waals surface area contributed by atoms with E-state index in [9.17, 15) is 15.0 Å². The number of hydrogen-bond donors (Lipinski definition) is 5. The third-order valence-electron chi connectivity index (χ3n) is 6.77. The summed E-state index contributed by atoms with van der Waals surface area (Å²) in [5, 5.41) is 30.6. The molecular formula is C23H37N5O5. The average Bonchev–Trinajstić information content (AvgIpc) is 2.65. The third-order valence-corrected chi connectivity index (χ3v) is 6.77. The van der Waals surface area contributed by atoms with E-state index in [0.29, 0.717) is 23.8 Å². The molecule has 0 unspecified atom stereocenters. The van der Waals surface area contributed by atoms with Crippen molar-refractivity contribution in [3.63, 3.8) is 0 Å². The Morgan fingerprint density at radius 3 is 2.55 bits per heavy atom. The van der Waals surface area contributed by atoms with Crippen molar-refractivity contribution in [2.75, 3.05) is 18.5 Å². The van der Waals surface area contributed by atoms with Crippen LogP contribution in [0.4, 0.5) is 10.6 Å². The second kappa shape index (κ2) is 9.32. The van der Waals surface area contributed by atoms with E-state index < -0.39 is 30.0 Å². The molecule has 1 spiro atoms. The number of amides is 1. The molecule has 10 nitrogen and oxygen atoms in total. The largest absolute Gasteiger partial charge is 0.444 e. The topological polar surface area (TPSA) is 138 Å². The predicted octanol–water partition coefficient (Wildman–Crippen LogP) is 1.11. The number of ether oxygens (including phenoxy) is 2. The lowest BCUT2D eigenvalue weighted by atomic mass is 9.52. The van der Waals surface area contributed by atoms with Crippen LogP contribution in [0.3, 0.4) is 0 Å². The molecule has 1 aromatic rings. The lowest BCUT2D eigenvalue weighted by molar-refractivity contribution is -0.141. The summed E-state index contributed by atoms with van der Waals surface area (Å²) in [6, 6.07) is 0.0875. The maximum absolute atomic E-state index is 11.9. The number of aromatic nitrogens is 2. The highest BCUT2D eigenvalue weighted by Crippen LogP contribution is 2.55. The minimum atomic E-state index is -0.998. The highest BCUT2D eigenvalue weighted by molar-refractivity contribution is 5.68. The summed E-state index contributed by atoms with van der Waals surface area (Å²) in [5.41, 5.74) is 0.582. The normalized spacial score (nSPS) is 35.9. The number of nitrogens with one attached hydrogen (secondary N) is 3. The first-order valence-corrected chi connectivity index (χ1v) is 11.8. The molecule has 3 aliphatic rings. The van der Waals surface area contributed by atoms with E-state index in [4.69, 9.17) is 9.47 Å². The molecule has 184 valence electrons. The standard InChI is InChI=1S/C23H37N5O5/c1-13-9-24-11-18(26-13)28-16-12-32-17(20(30)19(16)29)10-25-14-5-23(6-14)7-15(8-23)27-21(31)33-22(2,3)4/h9,11,14-17,19-20,25,29-30H,5-8,10,12H2,1-4H3,(H,26,28)(H,27,31)/t14?,15?,16-,17+,19+,20-,23?/m0/s1. The first-order valence-electron chi connectivity index (χ1n) is 11.8. The molecule has 1 amide bonds. The van der Waals surface area contributed by atoms with E-state index in [1.807, 2.05) is 27.7 Å². The maximum atomic E-state index is 11.9. The van der Waals surface area contributed by atoms with E-state index in [0.717, 1.165) is 31.4 Å². The summed E-state index contributed by atoms with van der Waals surface area (Å²) in [6.07, 6.45) is 4.49. The summed E-state index contributed by atoms with van der Waals surface area (Å²) >= 11 is 0. The van der Waals surface area contributed by atoms with Crippen molar-refractivity contribution in [1.29, 1.82) is 0 Å². The average molecular weight is 464 g/mol. The molecule has 3 fully saturated rings. The lowest BCUT2D eigenvalue weighted by Gasteiger charge is -2.58. The van der Waals surface area contributed by atoms with Gasteiger partial charge in [0.2, 0.25) is 0 Å². The number of carbonyl (C=O) groups excluding carboxylic acids is 1. The molecule has 33 heavy (non-hydrogen) atoms. The van der Waals surface area contributed by atoms with Gasteiger partial charge in [0.1, 0.15) is 23.6 Å². The molecule has 4 rings (SSSR count). The molecule has 5 N–H and O–H groups in total. The zero-order valence-corrected chi connectivity index (χ0v) is 19.9. The van der Waals surface area contributed by atoms with Gasteiger partial charge in [-0.3, -0.25) is 4.98 Å². The van der Waals surface area contributed by atoms with Crippen molar-refractivity contribution < 1.29 is 24.5 Å². The van der Waals surface area contributed by atoms with Crippen LogP contribution < -0.4 is 16.0 Å². The van der Waals surface area contributed by atoms with Crippen LogP contribution in [0.25, 0.3) is 0 Å². The molecule has 2 aliphatic carbocycles. The van der Waals surface area contributed by atoms with E-state index in [2.05, 4.69) is 25.9 Å². The summed E-state index contributed by atoms with van der Waals surface area (Å²) in [7, 11) is 0. The van der Waals surface area contributed by atoms with Gasteiger partial charge >= 0.3 is 6.09 Å². The van der Waals surface area contributed by atoms with Gasteiger partial charge in [0, 0.05) is 24.8 Å². The number of aliphatic hydroxyl groups excluding tert-OH is 2. The fraction of sp³-hybridized carbons (Fsp3) is 0.783. The van der Waals surface area contributed by atoms with Crippen LogP contribution in [0.5, 0.6) is 0 Å². The van der Waals surface area contributed by atoms with E-state index >= 15 is 0 Å². The van der Waals surface area contributed by atoms with Crippen molar-refractivity contribution in [3.8, 4) is 0 Å². The molecule has 4 atom stereocenters. The molecule has 10 heteroatoms. The Hall–Kier alpha value is -2.01.